The van der Waals surface area contributed by atoms with Crippen LogP contribution >= 0.6 is 0 Å². The summed E-state index contributed by atoms with van der Waals surface area (Å²) < 4.78 is 5.41. The van der Waals surface area contributed by atoms with E-state index in [0.29, 0.717) is 25.8 Å². The summed E-state index contributed by atoms with van der Waals surface area (Å²) in [5.41, 5.74) is -1.22. The molecule has 0 aromatic heterocycles. The van der Waals surface area contributed by atoms with Crippen LogP contribution in [0.4, 0.5) is 4.79 Å². The van der Waals surface area contributed by atoms with E-state index in [9.17, 15) is 14.7 Å². The van der Waals surface area contributed by atoms with E-state index < -0.39 is 17.0 Å². The van der Waals surface area contributed by atoms with Gasteiger partial charge >= 0.3 is 12.1 Å². The first kappa shape index (κ1) is 16.8. The lowest BCUT2D eigenvalue weighted by Gasteiger charge is -2.44. The van der Waals surface area contributed by atoms with Gasteiger partial charge in [0.2, 0.25) is 0 Å². The number of carbonyl (C=O) groups excluding carboxylic acids is 1. The molecule has 0 spiro atoms. The highest BCUT2D eigenvalue weighted by molar-refractivity contribution is 5.76. The van der Waals surface area contributed by atoms with E-state index >= 15 is 0 Å². The Kier molecular flexibility index (Phi) is 5.05. The SMILES string of the molecule is CCC1CC(CC)(C(=O)O)CCN1C(=O)OC(C)(C)C. The maximum atomic E-state index is 12.2. The van der Waals surface area contributed by atoms with E-state index in [0.717, 1.165) is 6.42 Å². The van der Waals surface area contributed by atoms with E-state index in [2.05, 4.69) is 0 Å². The van der Waals surface area contributed by atoms with Gasteiger partial charge < -0.3 is 14.7 Å². The molecule has 116 valence electrons. The minimum absolute atomic E-state index is 0.0605. The van der Waals surface area contributed by atoms with Crippen LogP contribution in [0.3, 0.4) is 0 Å². The molecule has 0 bridgehead atoms. The highest BCUT2D eigenvalue weighted by Gasteiger charge is 2.45. The molecule has 20 heavy (non-hydrogen) atoms. The highest BCUT2D eigenvalue weighted by atomic mass is 16.6. The summed E-state index contributed by atoms with van der Waals surface area (Å²) in [6.07, 6.45) is 2.01. The molecule has 1 aliphatic rings. The standard InChI is InChI=1S/C15H27NO4/c1-6-11-10-15(7-2,12(17)18)8-9-16(11)13(19)20-14(3,4)5/h11H,6-10H2,1-5H3,(H,17,18). The van der Waals surface area contributed by atoms with Crippen LogP contribution in [0, 0.1) is 5.41 Å². The molecule has 1 heterocycles. The van der Waals surface area contributed by atoms with Crippen molar-refractivity contribution in [3.63, 3.8) is 0 Å². The van der Waals surface area contributed by atoms with Gasteiger partial charge in [-0.25, -0.2) is 4.79 Å². The lowest BCUT2D eigenvalue weighted by molar-refractivity contribution is -0.153. The van der Waals surface area contributed by atoms with Gasteiger partial charge in [-0.05, 0) is 46.5 Å². The normalized spacial score (nSPS) is 27.2. The molecule has 0 saturated carbocycles. The Bertz CT molecular complexity index is 375. The van der Waals surface area contributed by atoms with Crippen LogP contribution in [0.5, 0.6) is 0 Å². The fourth-order valence-electron chi connectivity index (χ4n) is 2.77. The number of carboxylic acids is 1. The van der Waals surface area contributed by atoms with Crippen molar-refractivity contribution >= 4 is 12.1 Å². The average molecular weight is 285 g/mol. The molecule has 2 atom stereocenters. The van der Waals surface area contributed by atoms with Crippen LogP contribution in [0.25, 0.3) is 0 Å². The molecular formula is C15H27NO4. The Morgan fingerprint density at radius 2 is 1.95 bits per heavy atom. The van der Waals surface area contributed by atoms with E-state index in [1.165, 1.54) is 0 Å². The fraction of sp³-hybridized carbons (Fsp3) is 0.867. The highest BCUT2D eigenvalue weighted by Crippen LogP contribution is 2.39. The zero-order chi connectivity index (χ0) is 15.6. The van der Waals surface area contributed by atoms with Gasteiger partial charge in [-0.1, -0.05) is 13.8 Å². The average Bonchev–Trinajstić information content (AvgIpc) is 2.35. The van der Waals surface area contributed by atoms with Gasteiger partial charge in [0.25, 0.3) is 0 Å². The second kappa shape index (κ2) is 6.02. The van der Waals surface area contributed by atoms with Crippen molar-refractivity contribution in [2.45, 2.75) is 71.9 Å². The Labute approximate surface area is 121 Å². The number of likely N-dealkylation sites (tertiary alicyclic amines) is 1. The van der Waals surface area contributed by atoms with Crippen molar-refractivity contribution in [1.29, 1.82) is 0 Å². The van der Waals surface area contributed by atoms with Crippen LogP contribution in [0.2, 0.25) is 0 Å². The second-order valence-corrected chi connectivity index (χ2v) is 6.63. The third-order valence-electron chi connectivity index (χ3n) is 4.13. The maximum Gasteiger partial charge on any atom is 0.410 e. The lowest BCUT2D eigenvalue weighted by atomic mass is 9.73. The summed E-state index contributed by atoms with van der Waals surface area (Å²) in [5.74, 6) is -0.748. The van der Waals surface area contributed by atoms with Crippen LogP contribution in [0.15, 0.2) is 0 Å². The van der Waals surface area contributed by atoms with Gasteiger partial charge in [0, 0.05) is 12.6 Å². The van der Waals surface area contributed by atoms with Crippen molar-refractivity contribution in [2.75, 3.05) is 6.54 Å². The number of hydrogen-bond donors (Lipinski definition) is 1. The lowest BCUT2D eigenvalue weighted by Crippen LogP contribution is -2.53. The molecule has 1 rings (SSSR count). The van der Waals surface area contributed by atoms with Gasteiger partial charge in [0.15, 0.2) is 0 Å². The molecule has 0 radical (unpaired) electrons. The van der Waals surface area contributed by atoms with Gasteiger partial charge in [0.05, 0.1) is 5.41 Å². The van der Waals surface area contributed by atoms with Crippen LogP contribution < -0.4 is 0 Å². The number of aliphatic carboxylic acids is 1. The summed E-state index contributed by atoms with van der Waals surface area (Å²) in [6.45, 7) is 9.85. The zero-order valence-corrected chi connectivity index (χ0v) is 13.2. The molecule has 2 unspecified atom stereocenters. The van der Waals surface area contributed by atoms with Gasteiger partial charge in [-0.2, -0.15) is 0 Å². The summed E-state index contributed by atoms with van der Waals surface area (Å²) in [7, 11) is 0. The predicted octanol–water partition coefficient (Wildman–Crippen LogP) is 3.28. The number of hydrogen-bond acceptors (Lipinski definition) is 3. The minimum atomic E-state index is -0.748. The monoisotopic (exact) mass is 285 g/mol. The second-order valence-electron chi connectivity index (χ2n) is 6.63. The molecule has 0 aromatic carbocycles. The topological polar surface area (TPSA) is 66.8 Å². The zero-order valence-electron chi connectivity index (χ0n) is 13.2. The number of ether oxygens (including phenoxy) is 1. The van der Waals surface area contributed by atoms with E-state index in [1.807, 2.05) is 34.6 Å². The predicted molar refractivity (Wildman–Crippen MR) is 76.6 cm³/mol. The van der Waals surface area contributed by atoms with Gasteiger partial charge in [0.1, 0.15) is 5.60 Å². The Morgan fingerprint density at radius 1 is 1.35 bits per heavy atom. The van der Waals surface area contributed by atoms with Crippen LogP contribution in [-0.4, -0.2) is 40.3 Å². The smallest absolute Gasteiger partial charge is 0.410 e. The van der Waals surface area contributed by atoms with E-state index in [1.54, 1.807) is 4.90 Å². The van der Waals surface area contributed by atoms with Crippen molar-refractivity contribution in [2.24, 2.45) is 5.41 Å². The number of carboxylic acid groups (broad SMARTS) is 1. The van der Waals surface area contributed by atoms with E-state index in [4.69, 9.17) is 4.74 Å². The fourth-order valence-corrected chi connectivity index (χ4v) is 2.77. The number of piperidine rings is 1. The van der Waals surface area contributed by atoms with Gasteiger partial charge in [-0.15, -0.1) is 0 Å². The number of amides is 1. The Hall–Kier alpha value is -1.26. The summed E-state index contributed by atoms with van der Waals surface area (Å²) in [6, 6.07) is -0.0605. The van der Waals surface area contributed by atoms with Gasteiger partial charge in [-0.3, -0.25) is 4.79 Å². The molecule has 0 aromatic rings. The molecule has 1 saturated heterocycles. The number of carbonyl (C=O) groups is 2. The van der Waals surface area contributed by atoms with Crippen molar-refractivity contribution < 1.29 is 19.4 Å². The molecule has 1 fully saturated rings. The molecule has 0 aliphatic carbocycles. The Morgan fingerprint density at radius 3 is 2.35 bits per heavy atom. The quantitative estimate of drug-likeness (QED) is 0.864. The van der Waals surface area contributed by atoms with Crippen LogP contribution in [0.1, 0.15) is 60.3 Å². The minimum Gasteiger partial charge on any atom is -0.481 e. The third kappa shape index (κ3) is 3.64. The van der Waals surface area contributed by atoms with Crippen molar-refractivity contribution in [3.8, 4) is 0 Å². The largest absolute Gasteiger partial charge is 0.481 e. The first-order valence-corrected chi connectivity index (χ1v) is 7.38. The first-order chi connectivity index (χ1) is 9.15. The number of nitrogens with zero attached hydrogens (tertiary/aromatic N) is 1. The third-order valence-corrected chi connectivity index (χ3v) is 4.13. The van der Waals surface area contributed by atoms with Crippen LogP contribution in [-0.2, 0) is 9.53 Å². The molecular weight excluding hydrogens is 258 g/mol. The maximum absolute atomic E-state index is 12.2. The molecule has 5 nitrogen and oxygen atoms in total. The van der Waals surface area contributed by atoms with Crippen molar-refractivity contribution in [1.82, 2.24) is 4.90 Å². The van der Waals surface area contributed by atoms with Crippen molar-refractivity contribution in [3.05, 3.63) is 0 Å². The molecule has 1 aliphatic heterocycles. The molecule has 1 N–H and O–H groups in total. The Balaban J connectivity index is 2.84. The molecule has 5 heteroatoms. The number of rotatable bonds is 3. The van der Waals surface area contributed by atoms with E-state index in [-0.39, 0.29) is 12.1 Å². The summed E-state index contributed by atoms with van der Waals surface area (Å²) in [4.78, 5) is 25.4. The molecule has 1 amide bonds. The summed E-state index contributed by atoms with van der Waals surface area (Å²) >= 11 is 0. The first-order valence-electron chi connectivity index (χ1n) is 7.38. The summed E-state index contributed by atoms with van der Waals surface area (Å²) in [5, 5.41) is 9.48.